The van der Waals surface area contributed by atoms with E-state index in [2.05, 4.69) is 10.3 Å². The number of rotatable bonds is 6. The monoisotopic (exact) mass is 530 g/mol. The molecular formula is C25H27ClN4O5S. The zero-order chi connectivity index (χ0) is 25.9. The summed E-state index contributed by atoms with van der Waals surface area (Å²) in [5.41, 5.74) is 2.83. The molecule has 0 atom stereocenters. The molecule has 0 saturated carbocycles. The lowest BCUT2D eigenvalue weighted by Gasteiger charge is -2.27. The Kier molecular flexibility index (Phi) is 7.39. The Labute approximate surface area is 215 Å². The first-order chi connectivity index (χ1) is 17.0. The van der Waals surface area contributed by atoms with Gasteiger partial charge in [0.2, 0.25) is 0 Å². The van der Waals surface area contributed by atoms with E-state index in [9.17, 15) is 13.2 Å². The summed E-state index contributed by atoms with van der Waals surface area (Å²) in [6.45, 7) is 5.39. The van der Waals surface area contributed by atoms with Crippen LogP contribution in [0.3, 0.4) is 0 Å². The lowest BCUT2D eigenvalue weighted by Crippen LogP contribution is -2.46. The maximum atomic E-state index is 12.5. The fraction of sp³-hybridized carbons (Fsp3) is 0.280. The van der Waals surface area contributed by atoms with Crippen molar-refractivity contribution >= 4 is 45.2 Å². The van der Waals surface area contributed by atoms with Gasteiger partial charge in [-0.15, -0.1) is 0 Å². The second-order valence-corrected chi connectivity index (χ2v) is 11.3. The van der Waals surface area contributed by atoms with E-state index in [0.29, 0.717) is 23.2 Å². The lowest BCUT2D eigenvalue weighted by atomic mass is 9.99. The quantitative estimate of drug-likeness (QED) is 0.426. The molecule has 190 valence electrons. The van der Waals surface area contributed by atoms with Crippen molar-refractivity contribution < 1.29 is 22.4 Å². The molecule has 2 aromatic carbocycles. The first-order valence-electron chi connectivity index (χ1n) is 11.3. The first kappa shape index (κ1) is 25.7. The Morgan fingerprint density at radius 2 is 1.86 bits per heavy atom. The summed E-state index contributed by atoms with van der Waals surface area (Å²) in [6, 6.07) is 15.4. The summed E-state index contributed by atoms with van der Waals surface area (Å²) in [4.78, 5) is 16.1. The van der Waals surface area contributed by atoms with E-state index >= 15 is 0 Å². The molecule has 11 heteroatoms. The van der Waals surface area contributed by atoms with E-state index in [4.69, 9.17) is 20.8 Å². The Bertz CT molecular complexity index is 1380. The summed E-state index contributed by atoms with van der Waals surface area (Å²) < 4.78 is 39.1. The summed E-state index contributed by atoms with van der Waals surface area (Å²) in [5.74, 6) is 0.606. The zero-order valence-corrected chi connectivity index (χ0v) is 21.7. The van der Waals surface area contributed by atoms with Crippen molar-refractivity contribution in [1.29, 1.82) is 0 Å². The van der Waals surface area contributed by atoms with Gasteiger partial charge in [-0.05, 0) is 56.5 Å². The highest BCUT2D eigenvalue weighted by Crippen LogP contribution is 2.29. The number of aromatic nitrogens is 1. The van der Waals surface area contributed by atoms with Crippen molar-refractivity contribution in [2.24, 2.45) is 0 Å². The third kappa shape index (κ3) is 6.66. The molecule has 36 heavy (non-hydrogen) atoms. The van der Waals surface area contributed by atoms with E-state index in [-0.39, 0.29) is 13.1 Å². The van der Waals surface area contributed by atoms with Gasteiger partial charge in [0.15, 0.2) is 5.76 Å². The van der Waals surface area contributed by atoms with Crippen molar-refractivity contribution in [2.75, 3.05) is 18.4 Å². The molecule has 3 aromatic rings. The molecule has 0 saturated heterocycles. The van der Waals surface area contributed by atoms with Crippen LogP contribution in [0.1, 0.15) is 32.8 Å². The fourth-order valence-corrected chi connectivity index (χ4v) is 4.78. The van der Waals surface area contributed by atoms with E-state index < -0.39 is 21.9 Å². The minimum atomic E-state index is -3.99. The van der Waals surface area contributed by atoms with Crippen LogP contribution in [-0.2, 0) is 14.9 Å². The molecule has 9 nitrogen and oxygen atoms in total. The van der Waals surface area contributed by atoms with Crippen molar-refractivity contribution in [3.05, 3.63) is 71.4 Å². The van der Waals surface area contributed by atoms with Gasteiger partial charge in [0.05, 0.1) is 6.20 Å². The van der Waals surface area contributed by atoms with Crippen LogP contribution in [0.5, 0.6) is 0 Å². The smallest absolute Gasteiger partial charge is 0.422 e. The molecule has 1 aromatic heterocycles. The molecule has 2 N–H and O–H groups in total. The second kappa shape index (κ2) is 10.3. The number of ether oxygens (including phenoxy) is 1. The van der Waals surface area contributed by atoms with E-state index in [1.165, 1.54) is 4.31 Å². The molecule has 0 bridgehead atoms. The Hall–Kier alpha value is -3.34. The van der Waals surface area contributed by atoms with Crippen LogP contribution in [-0.4, -0.2) is 42.5 Å². The highest BCUT2D eigenvalue weighted by atomic mass is 35.5. The average Bonchev–Trinajstić information content (AvgIpc) is 3.26. The minimum absolute atomic E-state index is 0.149. The Morgan fingerprint density at radius 3 is 2.50 bits per heavy atom. The number of amides is 1. The third-order valence-electron chi connectivity index (χ3n) is 5.24. The van der Waals surface area contributed by atoms with Gasteiger partial charge in [0.25, 0.3) is 6.01 Å². The molecule has 1 aliphatic rings. The summed E-state index contributed by atoms with van der Waals surface area (Å²) in [7, 11) is -3.99. The third-order valence-corrected chi connectivity index (χ3v) is 6.92. The second-order valence-electron chi connectivity index (χ2n) is 9.19. The molecule has 0 aliphatic carbocycles. The average molecular weight is 531 g/mol. The number of nitrogens with zero attached hydrogens (tertiary/aromatic N) is 2. The predicted molar refractivity (Wildman–Crippen MR) is 139 cm³/mol. The highest BCUT2D eigenvalue weighted by molar-refractivity contribution is 7.87. The SMILES string of the molecule is CC(C)(C)OC(=O)NS(=O)(=O)N1CC=C(c2ccc(-c3cnc(Nc4cccc(Cl)c4)o3)cc2)CC1. The zero-order valence-electron chi connectivity index (χ0n) is 20.1. The molecule has 0 fully saturated rings. The summed E-state index contributed by atoms with van der Waals surface area (Å²) >= 11 is 6.01. The van der Waals surface area contributed by atoms with Crippen LogP contribution in [0.15, 0.2) is 65.2 Å². The van der Waals surface area contributed by atoms with Crippen LogP contribution in [0.4, 0.5) is 16.5 Å². The van der Waals surface area contributed by atoms with Crippen molar-refractivity contribution in [2.45, 2.75) is 32.8 Å². The molecule has 0 unspecified atom stereocenters. The molecule has 0 spiro atoms. The molecule has 2 heterocycles. The van der Waals surface area contributed by atoms with Gasteiger partial charge in [-0.3, -0.25) is 0 Å². The number of benzene rings is 2. The van der Waals surface area contributed by atoms with Gasteiger partial charge in [-0.2, -0.15) is 12.7 Å². The highest BCUT2D eigenvalue weighted by Gasteiger charge is 2.28. The van der Waals surface area contributed by atoms with Crippen molar-refractivity contribution in [1.82, 2.24) is 14.0 Å². The van der Waals surface area contributed by atoms with Gasteiger partial charge in [-0.1, -0.05) is 48.0 Å². The van der Waals surface area contributed by atoms with Crippen LogP contribution < -0.4 is 10.0 Å². The summed E-state index contributed by atoms with van der Waals surface area (Å²) in [5, 5.41) is 3.69. The molecule has 4 rings (SSSR count). The van der Waals surface area contributed by atoms with Gasteiger partial charge in [0.1, 0.15) is 5.60 Å². The predicted octanol–water partition coefficient (Wildman–Crippen LogP) is 5.60. The van der Waals surface area contributed by atoms with Crippen molar-refractivity contribution in [3.63, 3.8) is 0 Å². The van der Waals surface area contributed by atoms with E-state index in [1.807, 2.05) is 47.2 Å². The number of oxazole rings is 1. The number of nitrogens with one attached hydrogen (secondary N) is 2. The van der Waals surface area contributed by atoms with Gasteiger partial charge in [-0.25, -0.2) is 14.5 Å². The maximum Gasteiger partial charge on any atom is 0.422 e. The molecular weight excluding hydrogens is 504 g/mol. The summed E-state index contributed by atoms with van der Waals surface area (Å²) in [6.07, 6.45) is 2.99. The number of carbonyl (C=O) groups excluding carboxylic acids is 1. The van der Waals surface area contributed by atoms with Crippen LogP contribution in [0, 0.1) is 0 Å². The first-order valence-corrected chi connectivity index (χ1v) is 13.1. The van der Waals surface area contributed by atoms with Gasteiger partial charge < -0.3 is 14.5 Å². The van der Waals surface area contributed by atoms with Crippen LogP contribution in [0.2, 0.25) is 5.02 Å². The van der Waals surface area contributed by atoms with Gasteiger partial charge in [0, 0.05) is 29.4 Å². The molecule has 0 radical (unpaired) electrons. The molecule has 1 amide bonds. The van der Waals surface area contributed by atoms with Crippen molar-refractivity contribution in [3.8, 4) is 11.3 Å². The standard InChI is InChI=1S/C25H27ClN4O5S/c1-25(2,3)35-24(31)29-36(32,33)30-13-11-18(12-14-30)17-7-9-19(10-8-17)22-16-27-23(34-22)28-21-6-4-5-20(26)15-21/h4-11,15-16H,12-14H2,1-3H3,(H,27,28)(H,29,31). The molecule has 1 aliphatic heterocycles. The number of anilines is 2. The van der Waals surface area contributed by atoms with Gasteiger partial charge >= 0.3 is 16.3 Å². The lowest BCUT2D eigenvalue weighted by molar-refractivity contribution is 0.0567. The Balaban J connectivity index is 1.38. The topological polar surface area (TPSA) is 114 Å². The number of halogens is 1. The van der Waals surface area contributed by atoms with Crippen LogP contribution in [0.25, 0.3) is 16.9 Å². The number of hydrogen-bond acceptors (Lipinski definition) is 7. The maximum absolute atomic E-state index is 12.5. The number of hydrogen-bond donors (Lipinski definition) is 2. The van der Waals surface area contributed by atoms with E-state index in [0.717, 1.165) is 22.4 Å². The normalized spacial score (nSPS) is 14.7. The van der Waals surface area contributed by atoms with Crippen LogP contribution >= 0.6 is 11.6 Å². The minimum Gasteiger partial charge on any atom is -0.443 e. The fourth-order valence-electron chi connectivity index (χ4n) is 3.60. The largest absolute Gasteiger partial charge is 0.443 e. The number of carbonyl (C=O) groups is 1. The van der Waals surface area contributed by atoms with E-state index in [1.54, 1.807) is 39.1 Å². The Morgan fingerprint density at radius 1 is 1.14 bits per heavy atom.